The first-order valence-electron chi connectivity index (χ1n) is 11.5. The van der Waals surface area contributed by atoms with Gasteiger partial charge in [0.05, 0.1) is 23.7 Å². The van der Waals surface area contributed by atoms with Crippen molar-refractivity contribution in [3.05, 3.63) is 88.6 Å². The van der Waals surface area contributed by atoms with E-state index in [4.69, 9.17) is 14.9 Å². The molecule has 1 heterocycles. The number of rotatable bonds is 10. The number of benzene rings is 3. The molecule has 0 aliphatic carbocycles. The van der Waals surface area contributed by atoms with E-state index in [1.807, 2.05) is 47.1 Å². The molecule has 4 aromatic rings. The van der Waals surface area contributed by atoms with E-state index in [2.05, 4.69) is 35.0 Å². The summed E-state index contributed by atoms with van der Waals surface area (Å²) in [7, 11) is 0. The van der Waals surface area contributed by atoms with Crippen molar-refractivity contribution >= 4 is 21.9 Å². The standard InChI is InChI=1S/C28H26BrFN2O3/c1-2-6-19-10-13-21(14-11-19)32-26(22-7-3-4-8-24(22)29)18-25(31-32)23-17-20(30)12-15-27(23)35-16-5-9-28(33)34/h3-4,7-8,10-15,17-18H,2,5-6,9,16H2,1H3,(H,33,34). The summed E-state index contributed by atoms with van der Waals surface area (Å²) in [6.07, 6.45) is 2.44. The molecular weight excluding hydrogens is 511 g/mol. The Morgan fingerprint density at radius 3 is 2.54 bits per heavy atom. The summed E-state index contributed by atoms with van der Waals surface area (Å²) in [4.78, 5) is 10.8. The number of hydrogen-bond donors (Lipinski definition) is 1. The van der Waals surface area contributed by atoms with Crippen LogP contribution in [0.3, 0.4) is 0 Å². The maximum Gasteiger partial charge on any atom is 0.303 e. The van der Waals surface area contributed by atoms with E-state index in [0.717, 1.165) is 34.3 Å². The van der Waals surface area contributed by atoms with Gasteiger partial charge in [-0.3, -0.25) is 4.79 Å². The Hall–Kier alpha value is -3.45. The number of aliphatic carboxylic acids is 1. The lowest BCUT2D eigenvalue weighted by atomic mass is 10.1. The van der Waals surface area contributed by atoms with Crippen molar-refractivity contribution in [3.63, 3.8) is 0 Å². The van der Waals surface area contributed by atoms with E-state index < -0.39 is 11.8 Å². The third-order valence-electron chi connectivity index (χ3n) is 5.59. The number of halogens is 2. The quantitative estimate of drug-likeness (QED) is 0.216. The first-order valence-corrected chi connectivity index (χ1v) is 12.3. The van der Waals surface area contributed by atoms with Gasteiger partial charge in [-0.15, -0.1) is 0 Å². The molecule has 0 radical (unpaired) electrons. The highest BCUT2D eigenvalue weighted by Crippen LogP contribution is 2.36. The van der Waals surface area contributed by atoms with Crippen LogP contribution in [0.5, 0.6) is 5.75 Å². The fraction of sp³-hybridized carbons (Fsp3) is 0.214. The lowest BCUT2D eigenvalue weighted by Gasteiger charge is -2.10. The molecule has 0 unspecified atom stereocenters. The molecule has 4 rings (SSSR count). The molecule has 35 heavy (non-hydrogen) atoms. The molecule has 7 heteroatoms. The number of carboxylic acids is 1. The molecule has 0 aliphatic heterocycles. The highest BCUT2D eigenvalue weighted by Gasteiger charge is 2.18. The van der Waals surface area contributed by atoms with Crippen molar-refractivity contribution in [2.24, 2.45) is 0 Å². The van der Waals surface area contributed by atoms with E-state index in [-0.39, 0.29) is 13.0 Å². The average molecular weight is 537 g/mol. The van der Waals surface area contributed by atoms with Crippen molar-refractivity contribution in [1.82, 2.24) is 9.78 Å². The molecule has 0 amide bonds. The van der Waals surface area contributed by atoms with Crippen LogP contribution in [0.2, 0.25) is 0 Å². The van der Waals surface area contributed by atoms with E-state index in [9.17, 15) is 9.18 Å². The van der Waals surface area contributed by atoms with Gasteiger partial charge in [-0.05, 0) is 60.9 Å². The Morgan fingerprint density at radius 1 is 1.06 bits per heavy atom. The molecular formula is C28H26BrFN2O3. The monoisotopic (exact) mass is 536 g/mol. The molecule has 1 aromatic heterocycles. The smallest absolute Gasteiger partial charge is 0.303 e. The van der Waals surface area contributed by atoms with Crippen molar-refractivity contribution in [1.29, 1.82) is 0 Å². The van der Waals surface area contributed by atoms with Crippen LogP contribution in [-0.4, -0.2) is 27.5 Å². The van der Waals surface area contributed by atoms with Crippen LogP contribution < -0.4 is 4.74 Å². The zero-order valence-electron chi connectivity index (χ0n) is 19.4. The second-order valence-electron chi connectivity index (χ2n) is 8.21. The molecule has 0 fully saturated rings. The summed E-state index contributed by atoms with van der Waals surface area (Å²) in [5, 5.41) is 13.7. The van der Waals surface area contributed by atoms with Gasteiger partial charge in [-0.1, -0.05) is 59.6 Å². The fourth-order valence-electron chi connectivity index (χ4n) is 3.90. The summed E-state index contributed by atoms with van der Waals surface area (Å²) in [5.41, 5.74) is 5.01. The van der Waals surface area contributed by atoms with Gasteiger partial charge in [0.1, 0.15) is 11.6 Å². The number of aryl methyl sites for hydroxylation is 1. The van der Waals surface area contributed by atoms with Gasteiger partial charge in [0.25, 0.3) is 0 Å². The third kappa shape index (κ3) is 5.98. The molecule has 0 bridgehead atoms. The molecule has 0 spiro atoms. The normalized spacial score (nSPS) is 10.9. The molecule has 0 aliphatic rings. The van der Waals surface area contributed by atoms with E-state index >= 15 is 0 Å². The molecule has 5 nitrogen and oxygen atoms in total. The van der Waals surface area contributed by atoms with E-state index in [1.165, 1.54) is 17.7 Å². The first-order chi connectivity index (χ1) is 17.0. The van der Waals surface area contributed by atoms with Gasteiger partial charge in [-0.2, -0.15) is 5.10 Å². The minimum Gasteiger partial charge on any atom is -0.493 e. The highest BCUT2D eigenvalue weighted by atomic mass is 79.9. The van der Waals surface area contributed by atoms with E-state index in [0.29, 0.717) is 23.4 Å². The summed E-state index contributed by atoms with van der Waals surface area (Å²) in [5.74, 6) is -0.827. The maximum absolute atomic E-state index is 14.3. The van der Waals surface area contributed by atoms with Gasteiger partial charge in [0.2, 0.25) is 0 Å². The van der Waals surface area contributed by atoms with Gasteiger partial charge in [0, 0.05) is 22.0 Å². The van der Waals surface area contributed by atoms with Gasteiger partial charge in [-0.25, -0.2) is 9.07 Å². The maximum atomic E-state index is 14.3. The van der Waals surface area contributed by atoms with Crippen molar-refractivity contribution < 1.29 is 19.0 Å². The van der Waals surface area contributed by atoms with Crippen LogP contribution >= 0.6 is 15.9 Å². The van der Waals surface area contributed by atoms with Gasteiger partial charge < -0.3 is 9.84 Å². The number of hydrogen-bond acceptors (Lipinski definition) is 3. The molecule has 3 aromatic carbocycles. The van der Waals surface area contributed by atoms with Gasteiger partial charge >= 0.3 is 5.97 Å². The number of carbonyl (C=O) groups is 1. The SMILES string of the molecule is CCCc1ccc(-n2nc(-c3cc(F)ccc3OCCCC(=O)O)cc2-c2ccccc2Br)cc1. The number of aromatic nitrogens is 2. The first kappa shape index (κ1) is 24.7. The largest absolute Gasteiger partial charge is 0.493 e. The molecule has 1 N–H and O–H groups in total. The number of ether oxygens (including phenoxy) is 1. The summed E-state index contributed by atoms with van der Waals surface area (Å²) in [6, 6.07) is 22.4. The molecule has 0 saturated heterocycles. The van der Waals surface area contributed by atoms with Crippen molar-refractivity contribution in [2.45, 2.75) is 32.6 Å². The van der Waals surface area contributed by atoms with Crippen LogP contribution in [0, 0.1) is 5.82 Å². The zero-order valence-corrected chi connectivity index (χ0v) is 21.0. The Labute approximate surface area is 212 Å². The Morgan fingerprint density at radius 2 is 1.83 bits per heavy atom. The highest BCUT2D eigenvalue weighted by molar-refractivity contribution is 9.10. The minimum absolute atomic E-state index is 0.00532. The lowest BCUT2D eigenvalue weighted by Crippen LogP contribution is -2.03. The van der Waals surface area contributed by atoms with Crippen LogP contribution in [0.4, 0.5) is 4.39 Å². The number of carboxylic acid groups (broad SMARTS) is 1. The Balaban J connectivity index is 1.78. The second-order valence-corrected chi connectivity index (χ2v) is 9.06. The van der Waals surface area contributed by atoms with Crippen LogP contribution in [-0.2, 0) is 11.2 Å². The summed E-state index contributed by atoms with van der Waals surface area (Å²) >= 11 is 3.64. The van der Waals surface area contributed by atoms with Crippen LogP contribution in [0.15, 0.2) is 77.3 Å². The topological polar surface area (TPSA) is 64.4 Å². The van der Waals surface area contributed by atoms with E-state index in [1.54, 1.807) is 6.07 Å². The Bertz CT molecular complexity index is 1320. The van der Waals surface area contributed by atoms with Crippen molar-refractivity contribution in [3.8, 4) is 34.0 Å². The molecule has 0 saturated carbocycles. The fourth-order valence-corrected chi connectivity index (χ4v) is 4.38. The molecule has 0 atom stereocenters. The average Bonchev–Trinajstić information content (AvgIpc) is 3.28. The van der Waals surface area contributed by atoms with Crippen molar-refractivity contribution in [2.75, 3.05) is 6.61 Å². The van der Waals surface area contributed by atoms with Crippen LogP contribution in [0.25, 0.3) is 28.2 Å². The third-order valence-corrected chi connectivity index (χ3v) is 6.28. The minimum atomic E-state index is -0.880. The second kappa shape index (κ2) is 11.3. The molecule has 180 valence electrons. The Kier molecular flexibility index (Phi) is 7.98. The zero-order chi connectivity index (χ0) is 24.8. The van der Waals surface area contributed by atoms with Gasteiger partial charge in [0.15, 0.2) is 0 Å². The lowest BCUT2D eigenvalue weighted by molar-refractivity contribution is -0.137. The summed E-state index contributed by atoms with van der Waals surface area (Å²) in [6.45, 7) is 2.36. The predicted octanol–water partition coefficient (Wildman–Crippen LogP) is 7.30. The summed E-state index contributed by atoms with van der Waals surface area (Å²) < 4.78 is 22.9. The number of nitrogens with zero attached hydrogens (tertiary/aromatic N) is 2. The predicted molar refractivity (Wildman–Crippen MR) is 138 cm³/mol. The van der Waals surface area contributed by atoms with Crippen LogP contribution in [0.1, 0.15) is 31.7 Å².